The van der Waals surface area contributed by atoms with E-state index < -0.39 is 0 Å². The van der Waals surface area contributed by atoms with Crippen LogP contribution in [0.2, 0.25) is 0 Å². The summed E-state index contributed by atoms with van der Waals surface area (Å²) in [5, 5.41) is 0. The molecule has 21 heavy (non-hydrogen) atoms. The minimum atomic E-state index is 0.333. The normalized spacial score (nSPS) is 13.7. The summed E-state index contributed by atoms with van der Waals surface area (Å²) in [7, 11) is 0. The van der Waals surface area contributed by atoms with E-state index in [9.17, 15) is 0 Å². The molecule has 0 aromatic heterocycles. The first kappa shape index (κ1) is 14.9. The summed E-state index contributed by atoms with van der Waals surface area (Å²) in [5.41, 5.74) is 0.939. The first-order valence-corrected chi connectivity index (χ1v) is 6.73. The van der Waals surface area contributed by atoms with E-state index in [0.717, 1.165) is 5.57 Å². The van der Waals surface area contributed by atoms with Crippen molar-refractivity contribution in [3.63, 3.8) is 0 Å². The van der Waals surface area contributed by atoms with Crippen molar-refractivity contribution in [3.8, 4) is 11.5 Å². The number of hydrogen-bond acceptors (Lipinski definition) is 4. The minimum Gasteiger partial charge on any atom is -0.484 e. The lowest BCUT2D eigenvalue weighted by molar-refractivity contribution is 0.292. The van der Waals surface area contributed by atoms with Crippen LogP contribution in [-0.2, 0) is 4.74 Å². The number of allylic oxidation sites excluding steroid dienone is 3. The van der Waals surface area contributed by atoms with Crippen molar-refractivity contribution in [2.45, 2.75) is 6.92 Å². The molecule has 0 aliphatic carbocycles. The van der Waals surface area contributed by atoms with Gasteiger partial charge < -0.3 is 14.2 Å². The summed E-state index contributed by atoms with van der Waals surface area (Å²) in [6.45, 7) is 11.2. The van der Waals surface area contributed by atoms with Crippen LogP contribution < -0.4 is 9.47 Å². The Balaban J connectivity index is 1.90. The lowest BCUT2D eigenvalue weighted by atomic mass is 10.3. The largest absolute Gasteiger partial charge is 0.484 e. The molecule has 110 valence electrons. The zero-order valence-corrected chi connectivity index (χ0v) is 12.2. The SMILES string of the molecule is C=C(C)/C=C\C(=C)Oc1cccc(OCC2=NCCO2)c1. The fraction of sp³-hybridized carbons (Fsp3) is 0.235. The maximum absolute atomic E-state index is 5.61. The molecule has 1 aliphatic heterocycles. The van der Waals surface area contributed by atoms with E-state index in [-0.39, 0.29) is 0 Å². The van der Waals surface area contributed by atoms with E-state index in [1.54, 1.807) is 12.1 Å². The van der Waals surface area contributed by atoms with Gasteiger partial charge in [0.05, 0.1) is 6.54 Å². The molecule has 1 aromatic rings. The first-order chi connectivity index (χ1) is 10.1. The summed E-state index contributed by atoms with van der Waals surface area (Å²) >= 11 is 0. The topological polar surface area (TPSA) is 40.0 Å². The van der Waals surface area contributed by atoms with Gasteiger partial charge in [-0.1, -0.05) is 30.9 Å². The number of ether oxygens (including phenoxy) is 3. The van der Waals surface area contributed by atoms with Crippen LogP contribution in [0.3, 0.4) is 0 Å². The number of hydrogen-bond donors (Lipinski definition) is 0. The van der Waals surface area contributed by atoms with Crippen molar-refractivity contribution in [3.05, 3.63) is 60.9 Å². The second-order valence-electron chi connectivity index (χ2n) is 4.64. The van der Waals surface area contributed by atoms with Crippen LogP contribution in [0.1, 0.15) is 6.92 Å². The van der Waals surface area contributed by atoms with Crippen LogP contribution in [0.15, 0.2) is 65.9 Å². The highest BCUT2D eigenvalue weighted by Gasteiger charge is 2.08. The average Bonchev–Trinajstić information content (AvgIpc) is 2.97. The van der Waals surface area contributed by atoms with E-state index >= 15 is 0 Å². The third-order valence-electron chi connectivity index (χ3n) is 2.62. The molecule has 1 heterocycles. The van der Waals surface area contributed by atoms with Crippen molar-refractivity contribution in [1.29, 1.82) is 0 Å². The molecule has 0 saturated heterocycles. The Morgan fingerprint density at radius 3 is 2.86 bits per heavy atom. The number of rotatable bonds is 7. The quantitative estimate of drug-likeness (QED) is 0.568. The lowest BCUT2D eigenvalue weighted by Gasteiger charge is -2.09. The number of nitrogens with zero attached hydrogens (tertiary/aromatic N) is 1. The zero-order chi connectivity index (χ0) is 15.1. The molecule has 0 spiro atoms. The Morgan fingerprint density at radius 2 is 2.14 bits per heavy atom. The van der Waals surface area contributed by atoms with Gasteiger partial charge in [-0.3, -0.25) is 0 Å². The third-order valence-corrected chi connectivity index (χ3v) is 2.62. The Labute approximate surface area is 125 Å². The fourth-order valence-electron chi connectivity index (χ4n) is 1.66. The van der Waals surface area contributed by atoms with Gasteiger partial charge in [-0.05, 0) is 25.1 Å². The standard InChI is InChI=1S/C17H19NO3/c1-13(2)7-8-14(3)21-16-6-4-5-15(11-16)20-12-17-18-9-10-19-17/h4-8,11H,1,3,9-10,12H2,2H3/b8-7-. The molecule has 2 rings (SSSR count). The average molecular weight is 285 g/mol. The molecule has 0 unspecified atom stereocenters. The van der Waals surface area contributed by atoms with Crippen LogP contribution >= 0.6 is 0 Å². The molecule has 1 aromatic carbocycles. The molecular weight excluding hydrogens is 266 g/mol. The smallest absolute Gasteiger partial charge is 0.222 e. The predicted octanol–water partition coefficient (Wildman–Crippen LogP) is 3.52. The van der Waals surface area contributed by atoms with Crippen molar-refractivity contribution < 1.29 is 14.2 Å². The summed E-state index contributed by atoms with van der Waals surface area (Å²) in [4.78, 5) is 4.17. The summed E-state index contributed by atoms with van der Waals surface area (Å²) in [6, 6.07) is 7.36. The second-order valence-corrected chi connectivity index (χ2v) is 4.64. The molecular formula is C17H19NO3. The van der Waals surface area contributed by atoms with E-state index in [4.69, 9.17) is 14.2 Å². The summed E-state index contributed by atoms with van der Waals surface area (Å²) in [6.07, 6.45) is 3.62. The van der Waals surface area contributed by atoms with Crippen LogP contribution in [0, 0.1) is 0 Å². The van der Waals surface area contributed by atoms with Gasteiger partial charge in [0.2, 0.25) is 5.90 Å². The lowest BCUT2D eigenvalue weighted by Crippen LogP contribution is -2.11. The van der Waals surface area contributed by atoms with Gasteiger partial charge in [0, 0.05) is 6.07 Å². The predicted molar refractivity (Wildman–Crippen MR) is 83.9 cm³/mol. The van der Waals surface area contributed by atoms with Crippen molar-refractivity contribution in [2.75, 3.05) is 19.8 Å². The first-order valence-electron chi connectivity index (χ1n) is 6.73. The van der Waals surface area contributed by atoms with Gasteiger partial charge in [0.1, 0.15) is 23.9 Å². The highest BCUT2D eigenvalue weighted by atomic mass is 16.5. The number of benzene rings is 1. The summed E-state index contributed by atoms with van der Waals surface area (Å²) < 4.78 is 16.5. The van der Waals surface area contributed by atoms with Crippen molar-refractivity contribution in [1.82, 2.24) is 0 Å². The molecule has 0 radical (unpaired) electrons. The minimum absolute atomic E-state index is 0.333. The number of aliphatic imine (C=N–C) groups is 1. The van der Waals surface area contributed by atoms with Crippen molar-refractivity contribution >= 4 is 5.90 Å². The highest BCUT2D eigenvalue weighted by Crippen LogP contribution is 2.21. The van der Waals surface area contributed by atoms with Crippen LogP contribution in [0.4, 0.5) is 0 Å². The van der Waals surface area contributed by atoms with Gasteiger partial charge in [0.15, 0.2) is 6.61 Å². The van der Waals surface area contributed by atoms with Gasteiger partial charge in [-0.25, -0.2) is 4.99 Å². The Bertz CT molecular complexity index is 587. The third kappa shape index (κ3) is 5.18. The van der Waals surface area contributed by atoms with Gasteiger partial charge in [-0.15, -0.1) is 0 Å². The highest BCUT2D eigenvalue weighted by molar-refractivity contribution is 5.78. The Morgan fingerprint density at radius 1 is 1.33 bits per heavy atom. The Hall–Kier alpha value is -2.49. The van der Waals surface area contributed by atoms with Gasteiger partial charge >= 0.3 is 0 Å². The molecule has 0 atom stereocenters. The molecule has 4 heteroatoms. The zero-order valence-electron chi connectivity index (χ0n) is 12.2. The molecule has 4 nitrogen and oxygen atoms in total. The Kier molecular flexibility index (Phi) is 5.21. The summed E-state index contributed by atoms with van der Waals surface area (Å²) in [5.74, 6) is 2.54. The van der Waals surface area contributed by atoms with E-state index in [0.29, 0.717) is 42.9 Å². The monoisotopic (exact) mass is 285 g/mol. The van der Waals surface area contributed by atoms with Crippen molar-refractivity contribution in [2.24, 2.45) is 4.99 Å². The van der Waals surface area contributed by atoms with E-state index in [2.05, 4.69) is 18.2 Å². The van der Waals surface area contributed by atoms with Crippen LogP contribution in [-0.4, -0.2) is 25.7 Å². The molecule has 0 amide bonds. The maximum atomic E-state index is 5.61. The van der Waals surface area contributed by atoms with Crippen LogP contribution in [0.25, 0.3) is 0 Å². The molecule has 0 saturated carbocycles. The van der Waals surface area contributed by atoms with Gasteiger partial charge in [-0.2, -0.15) is 0 Å². The molecule has 1 aliphatic rings. The fourth-order valence-corrected chi connectivity index (χ4v) is 1.66. The maximum Gasteiger partial charge on any atom is 0.222 e. The van der Waals surface area contributed by atoms with E-state index in [1.807, 2.05) is 31.2 Å². The molecule has 0 fully saturated rings. The second kappa shape index (κ2) is 7.33. The molecule has 0 bridgehead atoms. The van der Waals surface area contributed by atoms with Gasteiger partial charge in [0.25, 0.3) is 0 Å². The van der Waals surface area contributed by atoms with E-state index in [1.165, 1.54) is 0 Å². The molecule has 0 N–H and O–H groups in total. The van der Waals surface area contributed by atoms with Crippen LogP contribution in [0.5, 0.6) is 11.5 Å².